The maximum atomic E-state index is 13.2. The van der Waals surface area contributed by atoms with Gasteiger partial charge in [-0.1, -0.05) is 41.9 Å². The lowest BCUT2D eigenvalue weighted by atomic mass is 10.1. The molecule has 1 heterocycles. The molecule has 0 aromatic heterocycles. The Kier molecular flexibility index (Phi) is 8.26. The summed E-state index contributed by atoms with van der Waals surface area (Å²) in [6.07, 6.45) is 1.39. The minimum absolute atomic E-state index is 0.00618. The van der Waals surface area contributed by atoms with E-state index in [1.807, 2.05) is 18.2 Å². The van der Waals surface area contributed by atoms with Gasteiger partial charge in [0.15, 0.2) is 0 Å². The van der Waals surface area contributed by atoms with Crippen LogP contribution in [-0.4, -0.2) is 22.8 Å². The van der Waals surface area contributed by atoms with E-state index in [2.05, 4.69) is 5.32 Å². The largest absolute Gasteiger partial charge is 0.489 e. The molecule has 0 atom stereocenters. The molecule has 1 fully saturated rings. The predicted octanol–water partition coefficient (Wildman–Crippen LogP) is 6.07. The quantitative estimate of drug-likeness (QED) is 0.110. The smallest absolute Gasteiger partial charge is 0.335 e. The number of anilines is 1. The number of imide groups is 2. The first-order chi connectivity index (χ1) is 20.3. The zero-order valence-corrected chi connectivity index (χ0v) is 22.6. The molecule has 1 aliphatic heterocycles. The number of ether oxygens (including phenoxy) is 2. The van der Waals surface area contributed by atoms with Gasteiger partial charge < -0.3 is 9.47 Å². The minimum Gasteiger partial charge on any atom is -0.489 e. The van der Waals surface area contributed by atoms with Crippen LogP contribution in [0.4, 0.5) is 16.2 Å². The van der Waals surface area contributed by atoms with Gasteiger partial charge in [-0.3, -0.25) is 25.0 Å². The number of nitro benzene ring substituents is 1. The Morgan fingerprint density at radius 2 is 1.43 bits per heavy atom. The lowest BCUT2D eigenvalue weighted by Gasteiger charge is -2.26. The van der Waals surface area contributed by atoms with Gasteiger partial charge in [-0.05, 0) is 71.8 Å². The zero-order valence-electron chi connectivity index (χ0n) is 21.9. The Labute approximate surface area is 244 Å². The summed E-state index contributed by atoms with van der Waals surface area (Å²) in [5.74, 6) is -0.554. The number of urea groups is 1. The third-order valence-electron chi connectivity index (χ3n) is 6.29. The monoisotopic (exact) mass is 583 g/mol. The van der Waals surface area contributed by atoms with Gasteiger partial charge in [0.05, 0.1) is 10.6 Å². The highest BCUT2D eigenvalue weighted by atomic mass is 35.5. The third-order valence-corrected chi connectivity index (χ3v) is 6.66. The van der Waals surface area contributed by atoms with Gasteiger partial charge in [0.1, 0.15) is 30.3 Å². The van der Waals surface area contributed by atoms with E-state index in [1.54, 1.807) is 66.7 Å². The van der Waals surface area contributed by atoms with Crippen molar-refractivity contribution < 1.29 is 28.8 Å². The number of hydrogen-bond donors (Lipinski definition) is 1. The number of rotatable bonds is 9. The summed E-state index contributed by atoms with van der Waals surface area (Å²) in [7, 11) is 0. The number of barbiturate groups is 1. The van der Waals surface area contributed by atoms with E-state index < -0.39 is 22.8 Å². The van der Waals surface area contributed by atoms with E-state index >= 15 is 0 Å². The van der Waals surface area contributed by atoms with Crippen molar-refractivity contribution in [2.45, 2.75) is 13.2 Å². The second-order valence-electron chi connectivity index (χ2n) is 9.11. The molecule has 11 heteroatoms. The first-order valence-electron chi connectivity index (χ1n) is 12.6. The Bertz CT molecular complexity index is 1690. The molecule has 0 radical (unpaired) electrons. The van der Waals surface area contributed by atoms with E-state index in [4.69, 9.17) is 21.1 Å². The van der Waals surface area contributed by atoms with Gasteiger partial charge in [0.2, 0.25) is 0 Å². The standard InChI is InChI=1S/C31H22ClN3O7/c32-28-4-2-1-3-22(28)19-42-26-15-11-23(12-16-26)34-30(37)27(29(36)33-31(34)38)17-20-7-13-25(14-8-20)41-18-21-5-9-24(10-6-21)35(39)40/h1-17H,18-19H2,(H,33,36,38)/b27-17+. The van der Waals surface area contributed by atoms with Gasteiger partial charge >= 0.3 is 6.03 Å². The molecule has 0 unspecified atom stereocenters. The fourth-order valence-electron chi connectivity index (χ4n) is 4.07. The number of nitrogens with one attached hydrogen (secondary N) is 1. The predicted molar refractivity (Wildman–Crippen MR) is 155 cm³/mol. The van der Waals surface area contributed by atoms with Crippen LogP contribution in [-0.2, 0) is 22.8 Å². The number of benzene rings is 4. The molecule has 0 spiro atoms. The summed E-state index contributed by atoms with van der Waals surface area (Å²) in [6, 6.07) is 25.4. The maximum absolute atomic E-state index is 13.2. The van der Waals surface area contributed by atoms with Crippen molar-refractivity contribution in [1.82, 2.24) is 5.32 Å². The van der Waals surface area contributed by atoms with Gasteiger partial charge in [-0.2, -0.15) is 0 Å². The fourth-order valence-corrected chi connectivity index (χ4v) is 4.26. The van der Waals surface area contributed by atoms with Crippen molar-refractivity contribution in [2.75, 3.05) is 4.90 Å². The first kappa shape index (κ1) is 28.1. The van der Waals surface area contributed by atoms with Crippen LogP contribution in [0.15, 0.2) is 103 Å². The number of non-ortho nitro benzene ring substituents is 1. The van der Waals surface area contributed by atoms with E-state index in [0.717, 1.165) is 16.0 Å². The van der Waals surface area contributed by atoms with E-state index in [9.17, 15) is 24.5 Å². The third kappa shape index (κ3) is 6.45. The number of hydrogen-bond acceptors (Lipinski definition) is 7. The second kappa shape index (κ2) is 12.4. The molecule has 10 nitrogen and oxygen atoms in total. The van der Waals surface area contributed by atoms with Crippen LogP contribution in [0.5, 0.6) is 11.5 Å². The van der Waals surface area contributed by atoms with Crippen LogP contribution >= 0.6 is 11.6 Å². The summed E-state index contributed by atoms with van der Waals surface area (Å²) < 4.78 is 11.5. The second-order valence-corrected chi connectivity index (χ2v) is 9.52. The number of carbonyl (C=O) groups is 3. The fraction of sp³-hybridized carbons (Fsp3) is 0.0645. The summed E-state index contributed by atoms with van der Waals surface area (Å²) in [4.78, 5) is 49.6. The lowest BCUT2D eigenvalue weighted by Crippen LogP contribution is -2.54. The Balaban J connectivity index is 1.25. The summed E-state index contributed by atoms with van der Waals surface area (Å²) >= 11 is 6.17. The molecule has 1 aliphatic rings. The molecule has 4 amide bonds. The van der Waals surface area contributed by atoms with Crippen LogP contribution in [0.3, 0.4) is 0 Å². The van der Waals surface area contributed by atoms with Crippen LogP contribution in [0.25, 0.3) is 6.08 Å². The molecular formula is C31H22ClN3O7. The molecule has 5 rings (SSSR count). The molecule has 0 aliphatic carbocycles. The molecule has 210 valence electrons. The number of nitro groups is 1. The number of amides is 4. The highest BCUT2D eigenvalue weighted by molar-refractivity contribution is 6.39. The van der Waals surface area contributed by atoms with Crippen LogP contribution in [0.1, 0.15) is 16.7 Å². The zero-order chi connectivity index (χ0) is 29.6. The molecule has 0 bridgehead atoms. The van der Waals surface area contributed by atoms with Gasteiger partial charge in [-0.15, -0.1) is 0 Å². The van der Waals surface area contributed by atoms with Gasteiger partial charge in [-0.25, -0.2) is 9.69 Å². The number of halogens is 1. The normalized spacial score (nSPS) is 14.1. The van der Waals surface area contributed by atoms with E-state index in [1.165, 1.54) is 18.2 Å². The van der Waals surface area contributed by atoms with Crippen molar-refractivity contribution in [2.24, 2.45) is 0 Å². The molecule has 0 saturated carbocycles. The van der Waals surface area contributed by atoms with Crippen molar-refractivity contribution in [3.8, 4) is 11.5 Å². The summed E-state index contributed by atoms with van der Waals surface area (Å²) in [5.41, 5.74) is 2.14. The number of carbonyl (C=O) groups excluding carboxylic acids is 3. The molecule has 4 aromatic rings. The molecule has 1 saturated heterocycles. The Hall–Kier alpha value is -5.48. The molecule has 4 aromatic carbocycles. The van der Waals surface area contributed by atoms with Crippen molar-refractivity contribution >= 4 is 46.9 Å². The van der Waals surface area contributed by atoms with Crippen LogP contribution in [0, 0.1) is 10.1 Å². The van der Waals surface area contributed by atoms with E-state index in [-0.39, 0.29) is 30.2 Å². The summed E-state index contributed by atoms with van der Waals surface area (Å²) in [5, 5.41) is 13.6. The Morgan fingerprint density at radius 3 is 2.07 bits per heavy atom. The lowest BCUT2D eigenvalue weighted by molar-refractivity contribution is -0.384. The summed E-state index contributed by atoms with van der Waals surface area (Å²) in [6.45, 7) is 0.435. The minimum atomic E-state index is -0.859. The molecule has 42 heavy (non-hydrogen) atoms. The van der Waals surface area contributed by atoms with Crippen LogP contribution in [0.2, 0.25) is 5.02 Å². The SMILES string of the molecule is O=C1NC(=O)N(c2ccc(OCc3ccccc3Cl)cc2)C(=O)/C1=C/c1ccc(OCc2ccc([N+](=O)[O-])cc2)cc1. The average Bonchev–Trinajstić information content (AvgIpc) is 2.99. The van der Waals surface area contributed by atoms with Gasteiger partial charge in [0.25, 0.3) is 17.5 Å². The molecule has 1 N–H and O–H groups in total. The van der Waals surface area contributed by atoms with Crippen molar-refractivity contribution in [1.29, 1.82) is 0 Å². The average molecular weight is 584 g/mol. The first-order valence-corrected chi connectivity index (χ1v) is 13.0. The van der Waals surface area contributed by atoms with Gasteiger partial charge in [0, 0.05) is 22.7 Å². The van der Waals surface area contributed by atoms with E-state index in [0.29, 0.717) is 22.1 Å². The Morgan fingerprint density at radius 1 is 0.810 bits per heavy atom. The topological polar surface area (TPSA) is 128 Å². The number of nitrogens with zero attached hydrogens (tertiary/aromatic N) is 2. The van der Waals surface area contributed by atoms with Crippen molar-refractivity contribution in [3.63, 3.8) is 0 Å². The van der Waals surface area contributed by atoms with Crippen LogP contribution < -0.4 is 19.7 Å². The highest BCUT2D eigenvalue weighted by Gasteiger charge is 2.36. The maximum Gasteiger partial charge on any atom is 0.335 e. The van der Waals surface area contributed by atoms with Crippen molar-refractivity contribution in [3.05, 3.63) is 134 Å². The molecular weight excluding hydrogens is 562 g/mol. The highest BCUT2D eigenvalue weighted by Crippen LogP contribution is 2.26.